The molecule has 1 aromatic rings. The van der Waals surface area contributed by atoms with E-state index in [1.54, 1.807) is 17.0 Å². The number of nitrogens with one attached hydrogen (secondary N) is 1. The summed E-state index contributed by atoms with van der Waals surface area (Å²) in [7, 11) is 1.46. The third-order valence-electron chi connectivity index (χ3n) is 3.77. The van der Waals surface area contributed by atoms with E-state index < -0.39 is 24.4 Å². The van der Waals surface area contributed by atoms with Gasteiger partial charge in [0.15, 0.2) is 6.61 Å². The first-order chi connectivity index (χ1) is 12.8. The van der Waals surface area contributed by atoms with Crippen LogP contribution >= 0.6 is 11.6 Å². The largest absolute Gasteiger partial charge is 0.454 e. The molecular weight excluding hydrogens is 374 g/mol. The molecule has 0 aliphatic rings. The minimum absolute atomic E-state index is 0.0919. The van der Waals surface area contributed by atoms with Gasteiger partial charge in [-0.05, 0) is 38.1 Å². The van der Waals surface area contributed by atoms with Crippen LogP contribution < -0.4 is 5.32 Å². The van der Waals surface area contributed by atoms with Crippen LogP contribution in [0.3, 0.4) is 0 Å². The van der Waals surface area contributed by atoms with Crippen LogP contribution in [0.25, 0.3) is 0 Å². The third-order valence-corrected chi connectivity index (χ3v) is 4.02. The van der Waals surface area contributed by atoms with Crippen LogP contribution in [-0.4, -0.2) is 73.3 Å². The summed E-state index contributed by atoms with van der Waals surface area (Å²) in [6.45, 7) is 3.84. The Morgan fingerprint density at radius 3 is 2.19 bits per heavy atom. The van der Waals surface area contributed by atoms with Gasteiger partial charge in [-0.2, -0.15) is 0 Å². The number of rotatable bonds is 9. The lowest BCUT2D eigenvalue weighted by atomic mass is 10.2. The predicted molar refractivity (Wildman–Crippen MR) is 100 cm³/mol. The molecule has 0 saturated heterocycles. The molecular formula is C18H24ClN3O5. The van der Waals surface area contributed by atoms with Gasteiger partial charge in [0, 0.05) is 30.7 Å². The number of ether oxygens (including phenoxy) is 1. The summed E-state index contributed by atoms with van der Waals surface area (Å²) in [5.41, 5.74) is 0.345. The molecule has 0 unspecified atom stereocenters. The Labute approximate surface area is 163 Å². The van der Waals surface area contributed by atoms with Gasteiger partial charge in [0.05, 0.1) is 6.54 Å². The Hall–Kier alpha value is -2.61. The number of halogens is 1. The standard InChI is InChI=1S/C18H24ClN3O5/c1-4-22(5-2)15(23)11-21(3)16(24)12-27-17(25)10-20-18(26)13-6-8-14(19)9-7-13/h6-9H,4-5,10-12H2,1-3H3,(H,20,26). The second kappa shape index (κ2) is 11.2. The molecule has 1 aromatic carbocycles. The summed E-state index contributed by atoms with van der Waals surface area (Å²) < 4.78 is 4.83. The highest BCUT2D eigenvalue weighted by Crippen LogP contribution is 2.09. The lowest BCUT2D eigenvalue weighted by molar-refractivity contribution is -0.151. The summed E-state index contributed by atoms with van der Waals surface area (Å²) in [4.78, 5) is 50.3. The van der Waals surface area contributed by atoms with Gasteiger partial charge in [0.2, 0.25) is 5.91 Å². The molecule has 8 nitrogen and oxygen atoms in total. The summed E-state index contributed by atoms with van der Waals surface area (Å²) in [6.07, 6.45) is 0. The fourth-order valence-corrected chi connectivity index (χ4v) is 2.25. The van der Waals surface area contributed by atoms with Crippen molar-refractivity contribution in [2.75, 3.05) is 39.8 Å². The Morgan fingerprint density at radius 2 is 1.63 bits per heavy atom. The molecule has 0 fully saturated rings. The highest BCUT2D eigenvalue weighted by atomic mass is 35.5. The number of hydrogen-bond donors (Lipinski definition) is 1. The highest BCUT2D eigenvalue weighted by molar-refractivity contribution is 6.30. The fraction of sp³-hybridized carbons (Fsp3) is 0.444. The van der Waals surface area contributed by atoms with Crippen LogP contribution in [-0.2, 0) is 19.1 Å². The van der Waals surface area contributed by atoms with E-state index in [1.807, 2.05) is 13.8 Å². The predicted octanol–water partition coefficient (Wildman–Crippen LogP) is 0.940. The van der Waals surface area contributed by atoms with Gasteiger partial charge in [-0.15, -0.1) is 0 Å². The summed E-state index contributed by atoms with van der Waals surface area (Å²) >= 11 is 5.74. The van der Waals surface area contributed by atoms with Gasteiger partial charge >= 0.3 is 5.97 Å². The second-order valence-corrected chi connectivity index (χ2v) is 6.10. The molecule has 0 spiro atoms. The SMILES string of the molecule is CCN(CC)C(=O)CN(C)C(=O)COC(=O)CNC(=O)c1ccc(Cl)cc1. The molecule has 27 heavy (non-hydrogen) atoms. The average molecular weight is 398 g/mol. The molecule has 0 saturated carbocycles. The maximum absolute atomic E-state index is 12.0. The Bertz CT molecular complexity index is 674. The zero-order valence-electron chi connectivity index (χ0n) is 15.7. The van der Waals surface area contributed by atoms with E-state index in [0.29, 0.717) is 23.7 Å². The van der Waals surface area contributed by atoms with Crippen molar-refractivity contribution in [1.29, 1.82) is 0 Å². The third kappa shape index (κ3) is 7.65. The number of likely N-dealkylation sites (N-methyl/N-ethyl adjacent to an activating group) is 2. The summed E-state index contributed by atoms with van der Waals surface area (Å²) in [6, 6.07) is 6.16. The average Bonchev–Trinajstić information content (AvgIpc) is 2.65. The Balaban J connectivity index is 2.36. The number of nitrogens with zero attached hydrogens (tertiary/aromatic N) is 2. The van der Waals surface area contributed by atoms with Gasteiger partial charge in [0.25, 0.3) is 11.8 Å². The number of amides is 3. The first-order valence-electron chi connectivity index (χ1n) is 8.49. The lowest BCUT2D eigenvalue weighted by Crippen LogP contribution is -2.42. The van der Waals surface area contributed by atoms with Crippen LogP contribution in [0.1, 0.15) is 24.2 Å². The normalized spacial score (nSPS) is 10.1. The van der Waals surface area contributed by atoms with E-state index in [-0.39, 0.29) is 19.0 Å². The molecule has 3 amide bonds. The van der Waals surface area contributed by atoms with Crippen molar-refractivity contribution in [2.45, 2.75) is 13.8 Å². The van der Waals surface area contributed by atoms with Gasteiger partial charge in [-0.1, -0.05) is 11.6 Å². The van der Waals surface area contributed by atoms with E-state index in [0.717, 1.165) is 0 Å². The maximum Gasteiger partial charge on any atom is 0.325 e. The quantitative estimate of drug-likeness (QED) is 0.625. The molecule has 9 heteroatoms. The summed E-state index contributed by atoms with van der Waals surface area (Å²) in [5.74, 6) is -1.91. The van der Waals surface area contributed by atoms with E-state index in [1.165, 1.54) is 24.1 Å². The minimum Gasteiger partial charge on any atom is -0.454 e. The van der Waals surface area contributed by atoms with Gasteiger partial charge in [0.1, 0.15) is 6.54 Å². The van der Waals surface area contributed by atoms with Gasteiger partial charge in [-0.25, -0.2) is 0 Å². The van der Waals surface area contributed by atoms with E-state index in [9.17, 15) is 19.2 Å². The minimum atomic E-state index is -0.755. The Morgan fingerprint density at radius 1 is 1.04 bits per heavy atom. The zero-order chi connectivity index (χ0) is 20.4. The van der Waals surface area contributed by atoms with Crippen molar-refractivity contribution in [2.24, 2.45) is 0 Å². The smallest absolute Gasteiger partial charge is 0.325 e. The topological polar surface area (TPSA) is 96.0 Å². The van der Waals surface area contributed by atoms with Crippen molar-refractivity contribution < 1.29 is 23.9 Å². The molecule has 0 atom stereocenters. The molecule has 148 valence electrons. The molecule has 0 radical (unpaired) electrons. The summed E-state index contributed by atoms with van der Waals surface area (Å²) in [5, 5.41) is 2.88. The Kier molecular flexibility index (Phi) is 9.29. The number of benzene rings is 1. The van der Waals surface area contributed by atoms with Crippen molar-refractivity contribution in [3.63, 3.8) is 0 Å². The molecule has 1 rings (SSSR count). The highest BCUT2D eigenvalue weighted by Gasteiger charge is 2.18. The van der Waals surface area contributed by atoms with E-state index in [2.05, 4.69) is 5.32 Å². The number of hydrogen-bond acceptors (Lipinski definition) is 5. The molecule has 0 aliphatic heterocycles. The molecule has 0 bridgehead atoms. The number of carbonyl (C=O) groups excluding carboxylic acids is 4. The van der Waals surface area contributed by atoms with Crippen LogP contribution in [0.2, 0.25) is 5.02 Å². The monoisotopic (exact) mass is 397 g/mol. The molecule has 1 N–H and O–H groups in total. The van der Waals surface area contributed by atoms with Crippen molar-refractivity contribution >= 4 is 35.3 Å². The van der Waals surface area contributed by atoms with Crippen LogP contribution in [0, 0.1) is 0 Å². The van der Waals surface area contributed by atoms with Crippen molar-refractivity contribution in [3.8, 4) is 0 Å². The fourth-order valence-electron chi connectivity index (χ4n) is 2.13. The molecule has 0 aromatic heterocycles. The van der Waals surface area contributed by atoms with Gasteiger partial charge < -0.3 is 19.9 Å². The maximum atomic E-state index is 12.0. The van der Waals surface area contributed by atoms with E-state index >= 15 is 0 Å². The second-order valence-electron chi connectivity index (χ2n) is 5.67. The number of carbonyl (C=O) groups is 4. The van der Waals surface area contributed by atoms with Crippen LogP contribution in [0.15, 0.2) is 24.3 Å². The zero-order valence-corrected chi connectivity index (χ0v) is 16.4. The van der Waals surface area contributed by atoms with Crippen molar-refractivity contribution in [3.05, 3.63) is 34.9 Å². The first-order valence-corrected chi connectivity index (χ1v) is 8.87. The van der Waals surface area contributed by atoms with Crippen molar-refractivity contribution in [1.82, 2.24) is 15.1 Å². The van der Waals surface area contributed by atoms with E-state index in [4.69, 9.17) is 16.3 Å². The van der Waals surface area contributed by atoms with Gasteiger partial charge in [-0.3, -0.25) is 19.2 Å². The lowest BCUT2D eigenvalue weighted by Gasteiger charge is -2.23. The van der Waals surface area contributed by atoms with Crippen LogP contribution in [0.5, 0.6) is 0 Å². The number of esters is 1. The molecule has 0 heterocycles. The molecule has 0 aliphatic carbocycles. The first kappa shape index (κ1) is 22.4. The van der Waals surface area contributed by atoms with Crippen LogP contribution in [0.4, 0.5) is 0 Å².